The van der Waals surface area contributed by atoms with Gasteiger partial charge in [-0.1, -0.05) is 66.7 Å². The van der Waals surface area contributed by atoms with Gasteiger partial charge in [-0.3, -0.25) is 0 Å². The van der Waals surface area contributed by atoms with Crippen LogP contribution in [0.1, 0.15) is 16.7 Å². The van der Waals surface area contributed by atoms with Crippen molar-refractivity contribution in [3.63, 3.8) is 0 Å². The lowest BCUT2D eigenvalue weighted by molar-refractivity contribution is 0.465. The van der Waals surface area contributed by atoms with Crippen LogP contribution < -0.4 is 4.74 Å². The fourth-order valence-corrected chi connectivity index (χ4v) is 2.70. The molecule has 0 spiro atoms. The number of rotatable bonds is 1. The van der Waals surface area contributed by atoms with E-state index in [9.17, 15) is 0 Å². The molecule has 3 aromatic rings. The summed E-state index contributed by atoms with van der Waals surface area (Å²) in [5, 5.41) is 0. The van der Waals surface area contributed by atoms with E-state index in [4.69, 9.17) is 4.74 Å². The molecule has 20 heavy (non-hydrogen) atoms. The van der Waals surface area contributed by atoms with Gasteiger partial charge in [0.2, 0.25) is 0 Å². The van der Waals surface area contributed by atoms with Gasteiger partial charge in [-0.15, -0.1) is 0 Å². The molecule has 4 rings (SSSR count). The van der Waals surface area contributed by atoms with E-state index in [1.807, 2.05) is 30.3 Å². The van der Waals surface area contributed by atoms with Crippen molar-refractivity contribution in [1.29, 1.82) is 0 Å². The molecule has 1 aliphatic rings. The third-order valence-corrected chi connectivity index (χ3v) is 3.60. The highest BCUT2D eigenvalue weighted by molar-refractivity contribution is 5.68. The topological polar surface area (TPSA) is 9.23 Å². The third-order valence-electron chi connectivity index (χ3n) is 3.60. The Labute approximate surface area is 118 Å². The third kappa shape index (κ3) is 1.71. The van der Waals surface area contributed by atoms with Crippen LogP contribution in [-0.2, 0) is 0 Å². The van der Waals surface area contributed by atoms with Crippen LogP contribution in [0.2, 0.25) is 0 Å². The number of para-hydroxylation sites is 2. The zero-order valence-corrected chi connectivity index (χ0v) is 10.9. The SMILES string of the molecule is c1ccc([C]2c3ccccc3Oc3ccccc32)cc1. The van der Waals surface area contributed by atoms with Crippen LogP contribution in [0.25, 0.3) is 0 Å². The molecule has 0 atom stereocenters. The molecule has 1 aliphatic heterocycles. The van der Waals surface area contributed by atoms with E-state index in [2.05, 4.69) is 48.5 Å². The summed E-state index contributed by atoms with van der Waals surface area (Å²) in [5.41, 5.74) is 3.52. The van der Waals surface area contributed by atoms with Crippen LogP contribution in [-0.4, -0.2) is 0 Å². The van der Waals surface area contributed by atoms with Crippen molar-refractivity contribution in [2.75, 3.05) is 0 Å². The summed E-state index contributed by atoms with van der Waals surface area (Å²) >= 11 is 0. The first-order chi connectivity index (χ1) is 9.93. The predicted molar refractivity (Wildman–Crippen MR) is 79.9 cm³/mol. The Balaban J connectivity index is 1.98. The minimum absolute atomic E-state index is 0.921. The lowest BCUT2D eigenvalue weighted by Gasteiger charge is -2.27. The van der Waals surface area contributed by atoms with Crippen molar-refractivity contribution in [3.8, 4) is 11.5 Å². The smallest absolute Gasteiger partial charge is 0.131 e. The molecule has 0 saturated heterocycles. The van der Waals surface area contributed by atoms with Gasteiger partial charge >= 0.3 is 0 Å². The predicted octanol–water partition coefficient (Wildman–Crippen LogP) is 4.81. The summed E-state index contributed by atoms with van der Waals surface area (Å²) in [6, 6.07) is 26.9. The average Bonchev–Trinajstić information content (AvgIpc) is 2.53. The summed E-state index contributed by atoms with van der Waals surface area (Å²) in [6.45, 7) is 0. The van der Waals surface area contributed by atoms with E-state index < -0.39 is 0 Å². The molecular formula is C19H13O. The lowest BCUT2D eigenvalue weighted by atomic mass is 9.83. The Morgan fingerprint density at radius 2 is 1.00 bits per heavy atom. The Kier molecular flexibility index (Phi) is 2.56. The number of hydrogen-bond donors (Lipinski definition) is 0. The number of fused-ring (bicyclic) bond motifs is 2. The standard InChI is InChI=1S/C19H13O/c1-2-8-14(9-3-1)19-15-10-4-6-12-17(15)20-18-13-7-5-11-16(18)19/h1-13H. The van der Waals surface area contributed by atoms with Crippen molar-refractivity contribution in [3.05, 3.63) is 101 Å². The van der Waals surface area contributed by atoms with Gasteiger partial charge in [-0.05, 0) is 17.7 Å². The zero-order valence-electron chi connectivity index (χ0n) is 10.9. The number of hydrogen-bond acceptors (Lipinski definition) is 1. The zero-order chi connectivity index (χ0) is 13.4. The molecule has 0 N–H and O–H groups in total. The van der Waals surface area contributed by atoms with E-state index in [1.165, 1.54) is 11.5 Å². The maximum atomic E-state index is 6.01. The minimum Gasteiger partial charge on any atom is -0.457 e. The summed E-state index contributed by atoms with van der Waals surface area (Å²) in [5.74, 6) is 3.08. The minimum atomic E-state index is 0.921. The largest absolute Gasteiger partial charge is 0.457 e. The molecule has 1 radical (unpaired) electrons. The monoisotopic (exact) mass is 257 g/mol. The molecule has 95 valence electrons. The Morgan fingerprint density at radius 3 is 1.60 bits per heavy atom. The first kappa shape index (κ1) is 11.3. The summed E-state index contributed by atoms with van der Waals surface area (Å²) < 4.78 is 6.01. The van der Waals surface area contributed by atoms with Crippen molar-refractivity contribution in [1.82, 2.24) is 0 Å². The molecule has 0 bridgehead atoms. The van der Waals surface area contributed by atoms with E-state index in [1.54, 1.807) is 0 Å². The van der Waals surface area contributed by atoms with Gasteiger partial charge in [-0.2, -0.15) is 0 Å². The first-order valence-corrected chi connectivity index (χ1v) is 6.72. The number of benzene rings is 3. The second-order valence-electron chi connectivity index (χ2n) is 4.84. The van der Waals surface area contributed by atoms with Crippen LogP contribution in [0.3, 0.4) is 0 Å². The molecular weight excluding hydrogens is 244 g/mol. The lowest BCUT2D eigenvalue weighted by Crippen LogP contribution is -2.12. The fraction of sp³-hybridized carbons (Fsp3) is 0. The molecule has 0 fully saturated rings. The molecule has 0 saturated carbocycles. The second-order valence-corrected chi connectivity index (χ2v) is 4.84. The molecule has 3 aromatic carbocycles. The molecule has 1 heteroatoms. The van der Waals surface area contributed by atoms with Gasteiger partial charge in [0.15, 0.2) is 0 Å². The van der Waals surface area contributed by atoms with Gasteiger partial charge < -0.3 is 4.74 Å². The molecule has 1 heterocycles. The van der Waals surface area contributed by atoms with E-state index in [-0.39, 0.29) is 0 Å². The van der Waals surface area contributed by atoms with Crippen molar-refractivity contribution >= 4 is 0 Å². The van der Waals surface area contributed by atoms with E-state index in [0.29, 0.717) is 0 Å². The van der Waals surface area contributed by atoms with Crippen LogP contribution in [0.4, 0.5) is 0 Å². The molecule has 0 aliphatic carbocycles. The molecule has 0 amide bonds. The Bertz CT molecular complexity index is 701. The normalized spacial score (nSPS) is 13.2. The highest BCUT2D eigenvalue weighted by atomic mass is 16.5. The van der Waals surface area contributed by atoms with Crippen molar-refractivity contribution < 1.29 is 4.74 Å². The number of ether oxygens (including phenoxy) is 1. The van der Waals surface area contributed by atoms with E-state index in [0.717, 1.165) is 22.6 Å². The first-order valence-electron chi connectivity index (χ1n) is 6.72. The van der Waals surface area contributed by atoms with Crippen molar-refractivity contribution in [2.45, 2.75) is 0 Å². The van der Waals surface area contributed by atoms with Crippen LogP contribution in [0.15, 0.2) is 78.9 Å². The summed E-state index contributed by atoms with van der Waals surface area (Å²) in [7, 11) is 0. The molecule has 0 unspecified atom stereocenters. The summed E-state index contributed by atoms with van der Waals surface area (Å²) in [4.78, 5) is 0. The highest BCUT2D eigenvalue weighted by Gasteiger charge is 2.28. The Hall–Kier alpha value is -2.54. The maximum absolute atomic E-state index is 6.01. The van der Waals surface area contributed by atoms with Gasteiger partial charge in [0, 0.05) is 11.1 Å². The van der Waals surface area contributed by atoms with Gasteiger partial charge in [0.1, 0.15) is 11.5 Å². The average molecular weight is 257 g/mol. The van der Waals surface area contributed by atoms with Crippen LogP contribution in [0.5, 0.6) is 11.5 Å². The van der Waals surface area contributed by atoms with E-state index >= 15 is 0 Å². The van der Waals surface area contributed by atoms with Crippen molar-refractivity contribution in [2.24, 2.45) is 0 Å². The molecule has 0 aromatic heterocycles. The molecule has 1 nitrogen and oxygen atoms in total. The van der Waals surface area contributed by atoms with Crippen LogP contribution >= 0.6 is 0 Å². The highest BCUT2D eigenvalue weighted by Crippen LogP contribution is 2.46. The van der Waals surface area contributed by atoms with Gasteiger partial charge in [-0.25, -0.2) is 0 Å². The maximum Gasteiger partial charge on any atom is 0.131 e. The van der Waals surface area contributed by atoms with Crippen LogP contribution in [0, 0.1) is 5.92 Å². The van der Waals surface area contributed by atoms with Gasteiger partial charge in [0.05, 0.1) is 5.92 Å². The quantitative estimate of drug-likeness (QED) is 0.475. The fourth-order valence-electron chi connectivity index (χ4n) is 2.70. The van der Waals surface area contributed by atoms with Gasteiger partial charge in [0.25, 0.3) is 0 Å². The second kappa shape index (κ2) is 4.53. The Morgan fingerprint density at radius 1 is 0.500 bits per heavy atom. The summed E-state index contributed by atoms with van der Waals surface area (Å²) in [6.07, 6.45) is 0.